The summed E-state index contributed by atoms with van der Waals surface area (Å²) in [6.45, 7) is 0.252. The van der Waals surface area contributed by atoms with Crippen molar-refractivity contribution < 1.29 is 9.21 Å². The first-order valence-corrected chi connectivity index (χ1v) is 6.93. The van der Waals surface area contributed by atoms with E-state index in [4.69, 9.17) is 16.0 Å². The van der Waals surface area contributed by atoms with Crippen molar-refractivity contribution in [1.82, 2.24) is 10.3 Å². The number of pyridine rings is 1. The highest BCUT2D eigenvalue weighted by atomic mass is 35.5. The fourth-order valence-electron chi connectivity index (χ4n) is 2.00. The first-order chi connectivity index (χ1) is 10.6. The number of nitrogens with zero attached hydrogens (tertiary/aromatic N) is 1. The monoisotopic (exact) mass is 314 g/mol. The molecule has 3 rings (SSSR count). The number of carbonyl (C=O) groups is 1. The number of rotatable bonds is 3. The number of carbonyl (C=O) groups excluding carboxylic acids is 1. The molecule has 0 aliphatic heterocycles. The molecule has 0 aliphatic carbocycles. The Morgan fingerprint density at radius 1 is 1.23 bits per heavy atom. The third-order valence-corrected chi connectivity index (χ3v) is 3.30. The van der Waals surface area contributed by atoms with Crippen molar-refractivity contribution in [3.8, 4) is 0 Å². The van der Waals surface area contributed by atoms with E-state index in [-0.39, 0.29) is 17.7 Å². The molecule has 0 spiro atoms. The van der Waals surface area contributed by atoms with E-state index in [2.05, 4.69) is 10.3 Å². The number of nitrogens with one attached hydrogen (secondary N) is 1. The highest BCUT2D eigenvalue weighted by molar-refractivity contribution is 6.31. The fraction of sp³-hybridized carbons (Fsp3) is 0.0625. The molecule has 0 fully saturated rings. The second-order valence-electron chi connectivity index (χ2n) is 4.62. The van der Waals surface area contributed by atoms with Gasteiger partial charge in [-0.3, -0.25) is 14.6 Å². The lowest BCUT2D eigenvalue weighted by atomic mass is 10.2. The summed E-state index contributed by atoms with van der Waals surface area (Å²) in [6.07, 6.45) is 1.64. The van der Waals surface area contributed by atoms with Crippen molar-refractivity contribution in [3.63, 3.8) is 0 Å². The van der Waals surface area contributed by atoms with Crippen LogP contribution in [-0.2, 0) is 6.54 Å². The van der Waals surface area contributed by atoms with Gasteiger partial charge in [-0.05, 0) is 30.3 Å². The molecular weight excluding hydrogens is 304 g/mol. The van der Waals surface area contributed by atoms with Gasteiger partial charge in [0.15, 0.2) is 11.2 Å². The van der Waals surface area contributed by atoms with E-state index in [0.29, 0.717) is 21.7 Å². The van der Waals surface area contributed by atoms with Crippen LogP contribution in [0.15, 0.2) is 57.9 Å². The first kappa shape index (κ1) is 14.3. The summed E-state index contributed by atoms with van der Waals surface area (Å²) in [6, 6.07) is 11.2. The minimum Gasteiger partial charge on any atom is -0.451 e. The standard InChI is InChI=1S/C16H11ClN2O3/c17-10-4-5-14-12(7-10)13(20)8-15(22-14)16(21)19-9-11-3-1-2-6-18-11/h1-8H,9H2,(H,19,21). The molecule has 1 aromatic carbocycles. The molecule has 6 heteroatoms. The van der Waals surface area contributed by atoms with Crippen LogP contribution in [0.1, 0.15) is 16.2 Å². The number of amides is 1. The van der Waals surface area contributed by atoms with Crippen LogP contribution in [0.4, 0.5) is 0 Å². The second-order valence-corrected chi connectivity index (χ2v) is 5.06. The molecule has 0 saturated carbocycles. The Kier molecular flexibility index (Phi) is 3.89. The van der Waals surface area contributed by atoms with Gasteiger partial charge in [0.1, 0.15) is 5.58 Å². The summed E-state index contributed by atoms with van der Waals surface area (Å²) in [4.78, 5) is 28.2. The van der Waals surface area contributed by atoms with E-state index in [1.54, 1.807) is 30.5 Å². The van der Waals surface area contributed by atoms with Crippen LogP contribution >= 0.6 is 11.6 Å². The molecule has 2 heterocycles. The second kappa shape index (κ2) is 5.99. The van der Waals surface area contributed by atoms with Crippen LogP contribution in [0.5, 0.6) is 0 Å². The van der Waals surface area contributed by atoms with Crippen LogP contribution in [0.25, 0.3) is 11.0 Å². The van der Waals surface area contributed by atoms with Crippen LogP contribution in [0.2, 0.25) is 5.02 Å². The maximum Gasteiger partial charge on any atom is 0.287 e. The quantitative estimate of drug-likeness (QED) is 0.807. The molecule has 22 heavy (non-hydrogen) atoms. The molecule has 5 nitrogen and oxygen atoms in total. The molecule has 0 atom stereocenters. The number of hydrogen-bond donors (Lipinski definition) is 1. The summed E-state index contributed by atoms with van der Waals surface area (Å²) in [5.41, 5.74) is 0.720. The molecule has 0 radical (unpaired) electrons. The predicted octanol–water partition coefficient (Wildman–Crippen LogP) is 2.77. The van der Waals surface area contributed by atoms with Gasteiger partial charge < -0.3 is 9.73 Å². The third kappa shape index (κ3) is 2.99. The van der Waals surface area contributed by atoms with E-state index >= 15 is 0 Å². The van der Waals surface area contributed by atoms with E-state index in [1.165, 1.54) is 6.07 Å². The van der Waals surface area contributed by atoms with Gasteiger partial charge in [0.2, 0.25) is 0 Å². The van der Waals surface area contributed by atoms with E-state index in [0.717, 1.165) is 6.07 Å². The third-order valence-electron chi connectivity index (χ3n) is 3.07. The van der Waals surface area contributed by atoms with Crippen LogP contribution in [-0.4, -0.2) is 10.9 Å². The Balaban J connectivity index is 1.85. The summed E-state index contributed by atoms with van der Waals surface area (Å²) < 4.78 is 5.46. The maximum atomic E-state index is 12.1. The number of halogens is 1. The molecule has 0 unspecified atom stereocenters. The lowest BCUT2D eigenvalue weighted by Crippen LogP contribution is -2.24. The Hall–Kier alpha value is -2.66. The highest BCUT2D eigenvalue weighted by Gasteiger charge is 2.12. The molecular formula is C16H11ClN2O3. The molecule has 0 saturated heterocycles. The van der Waals surface area contributed by atoms with Gasteiger partial charge in [0, 0.05) is 17.3 Å². The Labute approximate surface area is 130 Å². The smallest absolute Gasteiger partial charge is 0.287 e. The topological polar surface area (TPSA) is 72.2 Å². The van der Waals surface area contributed by atoms with Crippen molar-refractivity contribution in [2.75, 3.05) is 0 Å². The highest BCUT2D eigenvalue weighted by Crippen LogP contribution is 2.17. The summed E-state index contributed by atoms with van der Waals surface area (Å²) >= 11 is 5.84. The summed E-state index contributed by atoms with van der Waals surface area (Å²) in [7, 11) is 0. The Morgan fingerprint density at radius 3 is 2.86 bits per heavy atom. The van der Waals surface area contributed by atoms with Gasteiger partial charge >= 0.3 is 0 Å². The predicted molar refractivity (Wildman–Crippen MR) is 82.9 cm³/mol. The van der Waals surface area contributed by atoms with Gasteiger partial charge in [-0.25, -0.2) is 0 Å². The van der Waals surface area contributed by atoms with Gasteiger partial charge in [-0.2, -0.15) is 0 Å². The van der Waals surface area contributed by atoms with Gasteiger partial charge in [0.05, 0.1) is 17.6 Å². The number of hydrogen-bond acceptors (Lipinski definition) is 4. The van der Waals surface area contributed by atoms with Crippen LogP contribution in [0.3, 0.4) is 0 Å². The van der Waals surface area contributed by atoms with E-state index in [1.807, 2.05) is 6.07 Å². The number of fused-ring (bicyclic) bond motifs is 1. The minimum absolute atomic E-state index is 0.0456. The molecule has 3 aromatic rings. The van der Waals surface area contributed by atoms with Gasteiger partial charge in [0.25, 0.3) is 5.91 Å². The molecule has 1 N–H and O–H groups in total. The van der Waals surface area contributed by atoms with Crippen molar-refractivity contribution in [1.29, 1.82) is 0 Å². The maximum absolute atomic E-state index is 12.1. The van der Waals surface area contributed by atoms with Gasteiger partial charge in [-0.15, -0.1) is 0 Å². The zero-order valence-corrected chi connectivity index (χ0v) is 12.1. The first-order valence-electron chi connectivity index (χ1n) is 6.55. The molecule has 110 valence electrons. The zero-order valence-electron chi connectivity index (χ0n) is 11.4. The van der Waals surface area contributed by atoms with Crippen LogP contribution < -0.4 is 10.7 Å². The molecule has 2 aromatic heterocycles. The summed E-state index contributed by atoms with van der Waals surface area (Å²) in [5.74, 6) is -0.518. The van der Waals surface area contributed by atoms with Crippen molar-refractivity contribution >= 4 is 28.5 Å². The van der Waals surface area contributed by atoms with Crippen LogP contribution in [0, 0.1) is 0 Å². The van der Waals surface area contributed by atoms with Crippen molar-refractivity contribution in [2.45, 2.75) is 6.54 Å². The Morgan fingerprint density at radius 2 is 2.09 bits per heavy atom. The Bertz CT molecular complexity index is 891. The fourth-order valence-corrected chi connectivity index (χ4v) is 2.17. The van der Waals surface area contributed by atoms with Crippen molar-refractivity contribution in [2.24, 2.45) is 0 Å². The average molecular weight is 315 g/mol. The summed E-state index contributed by atoms with van der Waals surface area (Å²) in [5, 5.41) is 3.44. The lowest BCUT2D eigenvalue weighted by molar-refractivity contribution is 0.0923. The molecule has 1 amide bonds. The van der Waals surface area contributed by atoms with Gasteiger partial charge in [-0.1, -0.05) is 17.7 Å². The largest absolute Gasteiger partial charge is 0.451 e. The van der Waals surface area contributed by atoms with Crippen molar-refractivity contribution in [3.05, 3.63) is 75.4 Å². The molecule has 0 aliphatic rings. The SMILES string of the molecule is O=C(NCc1ccccn1)c1cc(=O)c2cc(Cl)ccc2o1. The normalized spacial score (nSPS) is 10.6. The zero-order chi connectivity index (χ0) is 15.5. The lowest BCUT2D eigenvalue weighted by Gasteiger charge is -2.05. The van der Waals surface area contributed by atoms with E-state index in [9.17, 15) is 9.59 Å². The average Bonchev–Trinajstić information content (AvgIpc) is 2.54. The number of benzene rings is 1. The minimum atomic E-state index is -0.473. The number of aromatic nitrogens is 1. The van der Waals surface area contributed by atoms with E-state index < -0.39 is 5.91 Å². The molecule has 0 bridgehead atoms.